The van der Waals surface area contributed by atoms with Gasteiger partial charge in [0.15, 0.2) is 0 Å². The average Bonchev–Trinajstić information content (AvgIpc) is 3.33. The van der Waals surface area contributed by atoms with Crippen LogP contribution in [0.2, 0.25) is 0 Å². The number of likely N-dealkylation sites (tertiary alicyclic amines) is 1. The second-order valence-electron chi connectivity index (χ2n) is 10.1. The topological polar surface area (TPSA) is 128 Å². The number of nitrogens with one attached hydrogen (secondary N) is 3. The number of hydrogen-bond donors (Lipinski definition) is 3. The minimum atomic E-state index is -5.23. The molecular formula is C21H30ClF4N5O5. The number of halogens is 5. The lowest BCUT2D eigenvalue weighted by Gasteiger charge is -2.36. The minimum Gasteiger partial charge on any atom is -0.356 e. The Morgan fingerprint density at radius 1 is 1.22 bits per heavy atom. The summed E-state index contributed by atoms with van der Waals surface area (Å²) in [4.78, 5) is 63.2. The first-order valence-corrected chi connectivity index (χ1v) is 11.7. The number of nitrogens with zero attached hydrogens (tertiary/aromatic N) is 2. The van der Waals surface area contributed by atoms with Gasteiger partial charge >= 0.3 is 12.1 Å². The van der Waals surface area contributed by atoms with Gasteiger partial charge < -0.3 is 15.5 Å². The lowest BCUT2D eigenvalue weighted by molar-refractivity contribution is -0.176. The van der Waals surface area contributed by atoms with Gasteiger partial charge in [-0.3, -0.25) is 29.4 Å². The molecule has 0 unspecified atom stereocenters. The molecule has 5 atom stereocenters. The van der Waals surface area contributed by atoms with Crippen LogP contribution in [0.5, 0.6) is 0 Å². The quantitative estimate of drug-likeness (QED) is 0.260. The molecule has 0 aliphatic carbocycles. The van der Waals surface area contributed by atoms with Crippen molar-refractivity contribution in [3.05, 3.63) is 0 Å². The molecule has 0 aromatic carbocycles. The molecule has 0 bridgehead atoms. The van der Waals surface area contributed by atoms with Gasteiger partial charge in [0.05, 0.1) is 12.5 Å². The van der Waals surface area contributed by atoms with Gasteiger partial charge in [-0.05, 0) is 24.2 Å². The van der Waals surface area contributed by atoms with Crippen LogP contribution in [0.15, 0.2) is 0 Å². The van der Waals surface area contributed by atoms with Crippen LogP contribution in [-0.4, -0.2) is 83.0 Å². The van der Waals surface area contributed by atoms with Gasteiger partial charge in [0.25, 0.3) is 17.4 Å². The normalized spacial score (nSPS) is 24.1. The number of carbonyl (C=O) groups excluding carboxylic acids is 5. The van der Waals surface area contributed by atoms with Crippen LogP contribution < -0.4 is 16.1 Å². The Bertz CT molecular complexity index is 895. The van der Waals surface area contributed by atoms with Crippen LogP contribution in [0, 0.1) is 17.3 Å². The highest BCUT2D eigenvalue weighted by Gasteiger charge is 2.48. The summed E-state index contributed by atoms with van der Waals surface area (Å²) >= 11 is 5.26. The van der Waals surface area contributed by atoms with Crippen LogP contribution in [0.25, 0.3) is 0 Å². The third-order valence-corrected chi connectivity index (χ3v) is 6.19. The highest BCUT2D eigenvalue weighted by atomic mass is 35.5. The molecule has 15 heteroatoms. The summed E-state index contributed by atoms with van der Waals surface area (Å²) in [6, 6.07) is -2.86. The van der Waals surface area contributed by atoms with Crippen molar-refractivity contribution in [1.29, 1.82) is 0 Å². The molecule has 0 spiro atoms. The van der Waals surface area contributed by atoms with E-state index in [1.54, 1.807) is 12.2 Å². The van der Waals surface area contributed by atoms with E-state index < -0.39 is 64.8 Å². The molecule has 204 valence electrons. The lowest BCUT2D eigenvalue weighted by Crippen LogP contribution is -2.61. The fraction of sp³-hybridized carbons (Fsp3) is 0.762. The van der Waals surface area contributed by atoms with Gasteiger partial charge in [-0.2, -0.15) is 13.2 Å². The van der Waals surface area contributed by atoms with Crippen molar-refractivity contribution in [2.45, 2.75) is 64.4 Å². The van der Waals surface area contributed by atoms with E-state index in [1.165, 1.54) is 20.8 Å². The Morgan fingerprint density at radius 3 is 2.31 bits per heavy atom. The Morgan fingerprint density at radius 2 is 1.83 bits per heavy atom. The smallest absolute Gasteiger partial charge is 0.356 e. The Hall–Kier alpha value is -2.64. The fourth-order valence-corrected chi connectivity index (χ4v) is 4.24. The van der Waals surface area contributed by atoms with Crippen molar-refractivity contribution < 1.29 is 41.5 Å². The maximum Gasteiger partial charge on any atom is 0.471 e. The number of rotatable bonds is 6. The predicted molar refractivity (Wildman–Crippen MR) is 118 cm³/mol. The Balaban J connectivity index is 2.26. The van der Waals surface area contributed by atoms with Crippen LogP contribution in [0.4, 0.5) is 17.6 Å². The van der Waals surface area contributed by atoms with E-state index in [1.807, 2.05) is 0 Å². The van der Waals surface area contributed by atoms with E-state index in [0.717, 1.165) is 4.90 Å². The molecule has 2 aliphatic rings. The molecule has 36 heavy (non-hydrogen) atoms. The summed E-state index contributed by atoms with van der Waals surface area (Å²) < 4.78 is 52.2. The van der Waals surface area contributed by atoms with Crippen molar-refractivity contribution >= 4 is 41.1 Å². The zero-order valence-corrected chi connectivity index (χ0v) is 21.0. The number of amides is 5. The third-order valence-electron chi connectivity index (χ3n) is 6.01. The monoisotopic (exact) mass is 543 g/mol. The summed E-state index contributed by atoms with van der Waals surface area (Å²) in [5.41, 5.74) is -1.45. The van der Waals surface area contributed by atoms with Crippen molar-refractivity contribution in [3.63, 3.8) is 0 Å². The Kier molecular flexibility index (Phi) is 9.19. The number of hydrazine groups is 1. The summed E-state index contributed by atoms with van der Waals surface area (Å²) in [5.74, 6) is -6.83. The maximum absolute atomic E-state index is 13.6. The van der Waals surface area contributed by atoms with Crippen LogP contribution in [-0.2, 0) is 24.0 Å². The first-order valence-electron chi connectivity index (χ1n) is 11.3. The summed E-state index contributed by atoms with van der Waals surface area (Å²) in [6.45, 7) is 6.02. The molecule has 0 aromatic rings. The van der Waals surface area contributed by atoms with E-state index >= 15 is 0 Å². The minimum absolute atomic E-state index is 0.00833. The van der Waals surface area contributed by atoms with Crippen LogP contribution in [0.1, 0.15) is 40.5 Å². The molecule has 2 heterocycles. The molecule has 3 N–H and O–H groups in total. The molecule has 5 amide bonds. The maximum atomic E-state index is 13.6. The third kappa shape index (κ3) is 7.20. The average molecular weight is 544 g/mol. The SMILES string of the molecule is C[C@H]1C[C@@H](C(=O)NN(C[C@@H]2CCNC2=O)C(=O)[C@H](F)Cl)N(C(=O)[C@@H](NC(=O)C(F)(F)F)C(C)(C)C)C1. The summed E-state index contributed by atoms with van der Waals surface area (Å²) in [6.07, 6.45) is -4.81. The molecule has 2 fully saturated rings. The zero-order valence-electron chi connectivity index (χ0n) is 20.2. The van der Waals surface area contributed by atoms with Crippen LogP contribution in [0.3, 0.4) is 0 Å². The van der Waals surface area contributed by atoms with Crippen molar-refractivity contribution in [2.24, 2.45) is 17.3 Å². The van der Waals surface area contributed by atoms with Crippen molar-refractivity contribution in [2.75, 3.05) is 19.6 Å². The molecule has 0 saturated carbocycles. The van der Waals surface area contributed by atoms with Gasteiger partial charge in [-0.1, -0.05) is 39.3 Å². The van der Waals surface area contributed by atoms with Gasteiger partial charge in [-0.25, -0.2) is 9.40 Å². The molecular weight excluding hydrogens is 514 g/mol. The number of hydrogen-bond acceptors (Lipinski definition) is 5. The van der Waals surface area contributed by atoms with Crippen molar-refractivity contribution in [3.8, 4) is 0 Å². The molecule has 2 rings (SSSR count). The Labute approximate surface area is 210 Å². The van der Waals surface area contributed by atoms with Crippen LogP contribution >= 0.6 is 11.6 Å². The second-order valence-corrected chi connectivity index (χ2v) is 10.5. The predicted octanol–water partition coefficient (Wildman–Crippen LogP) is 0.847. The summed E-state index contributed by atoms with van der Waals surface area (Å²) in [7, 11) is 0. The molecule has 2 saturated heterocycles. The highest BCUT2D eigenvalue weighted by Crippen LogP contribution is 2.29. The van der Waals surface area contributed by atoms with Crippen molar-refractivity contribution in [1.82, 2.24) is 26.0 Å². The first kappa shape index (κ1) is 29.6. The number of carbonyl (C=O) groups is 5. The highest BCUT2D eigenvalue weighted by molar-refractivity contribution is 6.29. The van der Waals surface area contributed by atoms with E-state index in [9.17, 15) is 41.5 Å². The molecule has 0 radical (unpaired) electrons. The molecule has 2 aliphatic heterocycles. The number of alkyl halides is 5. The van der Waals surface area contributed by atoms with E-state index in [-0.39, 0.29) is 25.4 Å². The lowest BCUT2D eigenvalue weighted by atomic mass is 9.85. The van der Waals surface area contributed by atoms with Gasteiger partial charge in [-0.15, -0.1) is 0 Å². The molecule has 10 nitrogen and oxygen atoms in total. The first-order chi connectivity index (χ1) is 16.4. The fourth-order valence-electron chi connectivity index (χ4n) is 4.12. The zero-order chi connectivity index (χ0) is 27.6. The van der Waals surface area contributed by atoms with E-state index in [4.69, 9.17) is 11.6 Å². The summed E-state index contributed by atoms with van der Waals surface area (Å²) in [5, 5.41) is 4.84. The second kappa shape index (κ2) is 11.2. The van der Waals surface area contributed by atoms with E-state index in [2.05, 4.69) is 10.7 Å². The van der Waals surface area contributed by atoms with E-state index in [0.29, 0.717) is 18.0 Å². The van der Waals surface area contributed by atoms with Gasteiger partial charge in [0.1, 0.15) is 12.1 Å². The standard InChI is InChI=1S/C21H30ClF4N5O5/c1-10-7-12(16(33)29-31(18(35)14(22)23)9-11-5-6-27-15(11)32)30(8-10)17(34)13(20(2,3)4)28-19(36)21(24,25)26/h10-14H,5-9H2,1-4H3,(H,27,32)(H,28,36)(H,29,33)/t10-,11-,12-,13+,14-/m0/s1. The largest absolute Gasteiger partial charge is 0.471 e. The molecule has 0 aromatic heterocycles. The van der Waals surface area contributed by atoms with Gasteiger partial charge in [0, 0.05) is 13.1 Å². The van der Waals surface area contributed by atoms with Gasteiger partial charge in [0.2, 0.25) is 11.8 Å².